The summed E-state index contributed by atoms with van der Waals surface area (Å²) in [5.41, 5.74) is 0.444. The molecule has 0 saturated heterocycles. The van der Waals surface area contributed by atoms with Crippen molar-refractivity contribution in [2.24, 2.45) is 0 Å². The number of benzene rings is 1. The maximum absolute atomic E-state index is 9.68. The van der Waals surface area contributed by atoms with Crippen LogP contribution in [0.2, 0.25) is 0 Å². The van der Waals surface area contributed by atoms with E-state index in [4.69, 9.17) is 4.74 Å². The summed E-state index contributed by atoms with van der Waals surface area (Å²) < 4.78 is 5.55. The van der Waals surface area contributed by atoms with Crippen LogP contribution >= 0.6 is 0 Å². The van der Waals surface area contributed by atoms with Crippen molar-refractivity contribution in [3.05, 3.63) is 41.7 Å². The fourth-order valence-electron chi connectivity index (χ4n) is 1.42. The quantitative estimate of drug-likeness (QED) is 0.789. The zero-order valence-corrected chi connectivity index (χ0v) is 10.4. The number of aliphatic hydroxyl groups is 1. The molecule has 0 spiro atoms. The average molecular weight is 220 g/mol. The molecule has 0 radical (unpaired) electrons. The minimum atomic E-state index is -0.665. The molecule has 1 aromatic rings. The van der Waals surface area contributed by atoms with E-state index in [1.54, 1.807) is 13.8 Å². The van der Waals surface area contributed by atoms with Crippen molar-refractivity contribution in [2.75, 3.05) is 0 Å². The lowest BCUT2D eigenvalue weighted by atomic mass is 9.99. The molecule has 2 heteroatoms. The minimum absolute atomic E-state index is 0.649. The molecule has 0 aliphatic carbocycles. The predicted octanol–water partition coefficient (Wildman–Crippen LogP) is 3.30. The van der Waals surface area contributed by atoms with Crippen molar-refractivity contribution in [3.8, 4) is 5.75 Å². The smallest absolute Gasteiger partial charge is 0.126 e. The number of ether oxygens (including phenoxy) is 1. The maximum Gasteiger partial charge on any atom is 0.126 e. The molecule has 0 saturated carbocycles. The molecule has 0 fully saturated rings. The van der Waals surface area contributed by atoms with Crippen molar-refractivity contribution in [1.29, 1.82) is 0 Å². The van der Waals surface area contributed by atoms with E-state index in [1.807, 2.05) is 44.2 Å². The molecule has 1 N–H and O–H groups in total. The molecule has 0 unspecified atom stereocenters. The lowest BCUT2D eigenvalue weighted by Crippen LogP contribution is -2.21. The molecule has 1 aromatic carbocycles. The molecule has 0 bridgehead atoms. The van der Waals surface area contributed by atoms with Crippen LogP contribution in [-0.4, -0.2) is 10.7 Å². The van der Waals surface area contributed by atoms with Gasteiger partial charge in [0.2, 0.25) is 0 Å². The van der Waals surface area contributed by atoms with Crippen LogP contribution in [0.25, 0.3) is 0 Å². The third-order valence-corrected chi connectivity index (χ3v) is 2.25. The first kappa shape index (κ1) is 12.8. The molecule has 2 nitrogen and oxygen atoms in total. The molecule has 0 aliphatic heterocycles. The number of hydrogen-bond acceptors (Lipinski definition) is 2. The van der Waals surface area contributed by atoms with Gasteiger partial charge in [0.15, 0.2) is 0 Å². The fraction of sp³-hybridized carbons (Fsp3) is 0.429. The van der Waals surface area contributed by atoms with Crippen LogP contribution in [0.15, 0.2) is 36.1 Å². The second kappa shape index (κ2) is 5.17. The summed E-state index contributed by atoms with van der Waals surface area (Å²) in [6.45, 7) is 7.48. The molecular formula is C14H20O2. The second-order valence-electron chi connectivity index (χ2n) is 4.63. The zero-order valence-electron chi connectivity index (χ0n) is 10.4. The summed E-state index contributed by atoms with van der Waals surface area (Å²) in [4.78, 5) is 0. The first-order valence-electron chi connectivity index (χ1n) is 5.53. The first-order valence-corrected chi connectivity index (χ1v) is 5.53. The molecular weight excluding hydrogens is 200 g/mol. The Kier molecular flexibility index (Phi) is 4.13. The molecule has 1 rings (SSSR count). The summed E-state index contributed by atoms with van der Waals surface area (Å²) in [5.74, 6) is 1.71. The largest absolute Gasteiger partial charge is 0.462 e. The predicted molar refractivity (Wildman–Crippen MR) is 66.5 cm³/mol. The standard InChI is InChI=1S/C14H20O2/c1-5-11(2)16-13-8-6-12(7-9-13)10-14(3,4)15/h5-9,15H,10H2,1-4H3/b11-5+. The van der Waals surface area contributed by atoms with Gasteiger partial charge in [0, 0.05) is 6.42 Å². The van der Waals surface area contributed by atoms with E-state index in [9.17, 15) is 5.11 Å². The van der Waals surface area contributed by atoms with Crippen molar-refractivity contribution < 1.29 is 9.84 Å². The summed E-state index contributed by atoms with van der Waals surface area (Å²) in [7, 11) is 0. The van der Waals surface area contributed by atoms with Gasteiger partial charge in [-0.3, -0.25) is 0 Å². The van der Waals surface area contributed by atoms with Gasteiger partial charge in [-0.2, -0.15) is 0 Å². The third kappa shape index (κ3) is 4.49. The Morgan fingerprint density at radius 2 is 1.88 bits per heavy atom. The van der Waals surface area contributed by atoms with E-state index in [-0.39, 0.29) is 0 Å². The van der Waals surface area contributed by atoms with Gasteiger partial charge in [0.25, 0.3) is 0 Å². The van der Waals surface area contributed by atoms with Gasteiger partial charge in [-0.05, 0) is 51.5 Å². The van der Waals surface area contributed by atoms with Crippen molar-refractivity contribution in [1.82, 2.24) is 0 Å². The van der Waals surface area contributed by atoms with Crippen LogP contribution in [-0.2, 0) is 6.42 Å². The first-order chi connectivity index (χ1) is 7.40. The zero-order chi connectivity index (χ0) is 12.2. The van der Waals surface area contributed by atoms with Crippen LogP contribution in [0.4, 0.5) is 0 Å². The second-order valence-corrected chi connectivity index (χ2v) is 4.63. The Morgan fingerprint density at radius 1 is 1.31 bits per heavy atom. The molecule has 0 amide bonds. The summed E-state index contributed by atoms with van der Waals surface area (Å²) in [6, 6.07) is 7.81. The average Bonchev–Trinajstić information content (AvgIpc) is 2.18. The number of rotatable bonds is 4. The van der Waals surface area contributed by atoms with E-state index in [0.717, 1.165) is 17.1 Å². The molecule has 0 aromatic heterocycles. The van der Waals surface area contributed by atoms with E-state index in [2.05, 4.69) is 0 Å². The highest BCUT2D eigenvalue weighted by molar-refractivity contribution is 5.29. The Morgan fingerprint density at radius 3 is 2.31 bits per heavy atom. The molecule has 16 heavy (non-hydrogen) atoms. The Hall–Kier alpha value is -1.28. The maximum atomic E-state index is 9.68. The van der Waals surface area contributed by atoms with Gasteiger partial charge in [-0.1, -0.05) is 12.1 Å². The Bertz CT molecular complexity index is 355. The molecule has 0 heterocycles. The van der Waals surface area contributed by atoms with Crippen molar-refractivity contribution >= 4 is 0 Å². The topological polar surface area (TPSA) is 29.5 Å². The van der Waals surface area contributed by atoms with E-state index in [0.29, 0.717) is 6.42 Å². The van der Waals surface area contributed by atoms with E-state index in [1.165, 1.54) is 0 Å². The van der Waals surface area contributed by atoms with Crippen LogP contribution in [0.1, 0.15) is 33.3 Å². The van der Waals surface area contributed by atoms with Gasteiger partial charge < -0.3 is 9.84 Å². The monoisotopic (exact) mass is 220 g/mol. The fourth-order valence-corrected chi connectivity index (χ4v) is 1.42. The van der Waals surface area contributed by atoms with Gasteiger partial charge in [0.05, 0.1) is 11.4 Å². The van der Waals surface area contributed by atoms with E-state index < -0.39 is 5.60 Å². The summed E-state index contributed by atoms with van der Waals surface area (Å²) in [6.07, 6.45) is 2.57. The van der Waals surface area contributed by atoms with Crippen LogP contribution in [0.5, 0.6) is 5.75 Å². The normalized spacial score (nSPS) is 12.7. The lowest BCUT2D eigenvalue weighted by molar-refractivity contribution is 0.0810. The van der Waals surface area contributed by atoms with Gasteiger partial charge in [-0.15, -0.1) is 0 Å². The highest BCUT2D eigenvalue weighted by Crippen LogP contribution is 2.18. The lowest BCUT2D eigenvalue weighted by Gasteiger charge is -2.17. The van der Waals surface area contributed by atoms with Gasteiger partial charge in [-0.25, -0.2) is 0 Å². The Balaban J connectivity index is 2.68. The summed E-state index contributed by atoms with van der Waals surface area (Å²) >= 11 is 0. The number of hydrogen-bond donors (Lipinski definition) is 1. The molecule has 88 valence electrons. The Labute approximate surface area is 97.6 Å². The van der Waals surface area contributed by atoms with Crippen LogP contribution in [0.3, 0.4) is 0 Å². The highest BCUT2D eigenvalue weighted by atomic mass is 16.5. The molecule has 0 aliphatic rings. The third-order valence-electron chi connectivity index (χ3n) is 2.25. The SMILES string of the molecule is C/C=C(\C)Oc1ccc(CC(C)(C)O)cc1. The summed E-state index contributed by atoms with van der Waals surface area (Å²) in [5, 5.41) is 9.68. The van der Waals surface area contributed by atoms with Gasteiger partial charge >= 0.3 is 0 Å². The minimum Gasteiger partial charge on any atom is -0.462 e. The van der Waals surface area contributed by atoms with Crippen molar-refractivity contribution in [2.45, 2.75) is 39.7 Å². The van der Waals surface area contributed by atoms with Crippen molar-refractivity contribution in [3.63, 3.8) is 0 Å². The van der Waals surface area contributed by atoms with Crippen LogP contribution < -0.4 is 4.74 Å². The highest BCUT2D eigenvalue weighted by Gasteiger charge is 2.13. The van der Waals surface area contributed by atoms with E-state index >= 15 is 0 Å². The van der Waals surface area contributed by atoms with Crippen LogP contribution in [0, 0.1) is 0 Å². The number of allylic oxidation sites excluding steroid dienone is 2. The van der Waals surface area contributed by atoms with Gasteiger partial charge in [0.1, 0.15) is 5.75 Å². The molecule has 0 atom stereocenters.